The molecule has 3 atom stereocenters. The Balaban J connectivity index is 2.75. The number of alkyl halides is 3. The van der Waals surface area contributed by atoms with Gasteiger partial charge in [-0.25, -0.2) is 0 Å². The Labute approximate surface area is 116 Å². The summed E-state index contributed by atoms with van der Waals surface area (Å²) in [5.74, 6) is -2.59. The molecule has 0 saturated heterocycles. The maximum absolute atomic E-state index is 12.8. The van der Waals surface area contributed by atoms with Crippen LogP contribution >= 0.6 is 0 Å². The lowest BCUT2D eigenvalue weighted by atomic mass is 9.76. The Hall–Kier alpha value is -1.02. The highest BCUT2D eigenvalue weighted by atomic mass is 19.4. The summed E-state index contributed by atoms with van der Waals surface area (Å²) in [6, 6.07) is 0. The molecule has 0 spiro atoms. The van der Waals surface area contributed by atoms with E-state index in [2.05, 4.69) is 10.5 Å². The Morgan fingerprint density at radius 1 is 1.55 bits per heavy atom. The van der Waals surface area contributed by atoms with Crippen molar-refractivity contribution in [3.8, 4) is 0 Å². The van der Waals surface area contributed by atoms with E-state index in [0.717, 1.165) is 12.8 Å². The summed E-state index contributed by atoms with van der Waals surface area (Å²) >= 11 is 0. The number of hydrogen-bond donors (Lipinski definition) is 4. The molecule has 5 nitrogen and oxygen atoms in total. The number of aliphatic hydroxyl groups is 1. The standard InChI is InChI=1S/C12H22F3N3O2/c1-8-3-2-4-11(5-8,7-19)17-6-9(10(16)18-20)12(13,14)15/h8-9,17,19-20H,2-7H2,1H3,(H2,16,18). The normalized spacial score (nSPS) is 30.2. The van der Waals surface area contributed by atoms with Crippen LogP contribution < -0.4 is 11.1 Å². The largest absolute Gasteiger partial charge is 0.409 e. The molecule has 5 N–H and O–H groups in total. The van der Waals surface area contributed by atoms with Gasteiger partial charge in [-0.3, -0.25) is 0 Å². The van der Waals surface area contributed by atoms with Gasteiger partial charge in [-0.15, -0.1) is 0 Å². The number of nitrogens with one attached hydrogen (secondary N) is 1. The smallest absolute Gasteiger partial charge is 0.400 e. The van der Waals surface area contributed by atoms with Gasteiger partial charge in [0.2, 0.25) is 0 Å². The van der Waals surface area contributed by atoms with Crippen molar-refractivity contribution in [1.29, 1.82) is 0 Å². The van der Waals surface area contributed by atoms with Crippen molar-refractivity contribution in [1.82, 2.24) is 5.32 Å². The van der Waals surface area contributed by atoms with Gasteiger partial charge in [-0.05, 0) is 18.8 Å². The van der Waals surface area contributed by atoms with Crippen molar-refractivity contribution < 1.29 is 23.5 Å². The maximum Gasteiger partial charge on any atom is 0.400 e. The maximum atomic E-state index is 12.8. The van der Waals surface area contributed by atoms with E-state index < -0.39 is 30.0 Å². The number of aliphatic hydroxyl groups excluding tert-OH is 1. The number of nitrogens with zero attached hydrogens (tertiary/aromatic N) is 1. The quantitative estimate of drug-likeness (QED) is 0.267. The summed E-state index contributed by atoms with van der Waals surface area (Å²) in [6.45, 7) is 1.28. The topological polar surface area (TPSA) is 90.9 Å². The van der Waals surface area contributed by atoms with Gasteiger partial charge in [0.25, 0.3) is 0 Å². The van der Waals surface area contributed by atoms with Crippen LogP contribution in [0.4, 0.5) is 13.2 Å². The van der Waals surface area contributed by atoms with Crippen LogP contribution in [0.15, 0.2) is 5.16 Å². The highest BCUT2D eigenvalue weighted by molar-refractivity contribution is 5.83. The van der Waals surface area contributed by atoms with E-state index in [0.29, 0.717) is 18.8 Å². The molecule has 0 amide bonds. The van der Waals surface area contributed by atoms with Crippen LogP contribution in [0.2, 0.25) is 0 Å². The van der Waals surface area contributed by atoms with E-state index in [4.69, 9.17) is 10.9 Å². The minimum Gasteiger partial charge on any atom is -0.409 e. The average molecular weight is 297 g/mol. The number of hydrogen-bond acceptors (Lipinski definition) is 4. The summed E-state index contributed by atoms with van der Waals surface area (Å²) < 4.78 is 38.5. The van der Waals surface area contributed by atoms with Gasteiger partial charge in [0.05, 0.1) is 6.61 Å². The minimum absolute atomic E-state index is 0.224. The highest BCUT2D eigenvalue weighted by Gasteiger charge is 2.44. The molecular weight excluding hydrogens is 275 g/mol. The Morgan fingerprint density at radius 3 is 2.65 bits per heavy atom. The molecule has 0 bridgehead atoms. The highest BCUT2D eigenvalue weighted by Crippen LogP contribution is 2.33. The van der Waals surface area contributed by atoms with Crippen molar-refractivity contribution in [3.63, 3.8) is 0 Å². The van der Waals surface area contributed by atoms with Crippen molar-refractivity contribution in [2.45, 2.75) is 44.3 Å². The van der Waals surface area contributed by atoms with Crippen LogP contribution in [-0.2, 0) is 0 Å². The molecule has 1 aliphatic rings. The molecule has 1 rings (SSSR count). The fourth-order valence-electron chi connectivity index (χ4n) is 2.80. The molecule has 1 fully saturated rings. The van der Waals surface area contributed by atoms with Gasteiger partial charge >= 0.3 is 6.18 Å². The molecule has 3 unspecified atom stereocenters. The van der Waals surface area contributed by atoms with Gasteiger partial charge in [0.1, 0.15) is 5.92 Å². The fourth-order valence-corrected chi connectivity index (χ4v) is 2.80. The lowest BCUT2D eigenvalue weighted by molar-refractivity contribution is -0.156. The Bertz CT molecular complexity index is 349. The monoisotopic (exact) mass is 297 g/mol. The first-order chi connectivity index (χ1) is 9.24. The molecule has 8 heteroatoms. The third-order valence-electron chi connectivity index (χ3n) is 3.94. The first kappa shape index (κ1) is 17.0. The summed E-state index contributed by atoms with van der Waals surface area (Å²) in [5.41, 5.74) is 4.40. The van der Waals surface area contributed by atoms with Gasteiger partial charge in [0.15, 0.2) is 5.84 Å². The first-order valence-corrected chi connectivity index (χ1v) is 6.64. The lowest BCUT2D eigenvalue weighted by Crippen LogP contribution is -2.55. The molecular formula is C12H22F3N3O2. The van der Waals surface area contributed by atoms with Crippen LogP contribution in [-0.4, -0.2) is 41.0 Å². The van der Waals surface area contributed by atoms with Crippen molar-refractivity contribution >= 4 is 5.84 Å². The zero-order valence-corrected chi connectivity index (χ0v) is 11.5. The molecule has 1 saturated carbocycles. The molecule has 0 aliphatic heterocycles. The van der Waals surface area contributed by atoms with E-state index in [1.54, 1.807) is 0 Å². The Morgan fingerprint density at radius 2 is 2.20 bits per heavy atom. The van der Waals surface area contributed by atoms with E-state index in [-0.39, 0.29) is 6.61 Å². The molecule has 20 heavy (non-hydrogen) atoms. The second-order valence-electron chi connectivity index (χ2n) is 5.64. The molecule has 0 heterocycles. The van der Waals surface area contributed by atoms with Gasteiger partial charge in [0, 0.05) is 12.1 Å². The van der Waals surface area contributed by atoms with Crippen LogP contribution in [0, 0.1) is 11.8 Å². The number of halogens is 3. The summed E-state index contributed by atoms with van der Waals surface area (Å²) in [5, 5.41) is 23.2. The van der Waals surface area contributed by atoms with E-state index in [9.17, 15) is 18.3 Å². The number of amidine groups is 1. The van der Waals surface area contributed by atoms with E-state index in [1.807, 2.05) is 6.92 Å². The second-order valence-corrected chi connectivity index (χ2v) is 5.64. The summed E-state index contributed by atoms with van der Waals surface area (Å²) in [7, 11) is 0. The zero-order chi connectivity index (χ0) is 15.4. The number of nitrogens with two attached hydrogens (primary N) is 1. The van der Waals surface area contributed by atoms with Crippen LogP contribution in [0.1, 0.15) is 32.6 Å². The molecule has 118 valence electrons. The minimum atomic E-state index is -4.60. The fraction of sp³-hybridized carbons (Fsp3) is 0.917. The summed E-state index contributed by atoms with van der Waals surface area (Å²) in [6.07, 6.45) is -1.50. The zero-order valence-electron chi connectivity index (χ0n) is 11.5. The third-order valence-corrected chi connectivity index (χ3v) is 3.94. The number of oxime groups is 1. The van der Waals surface area contributed by atoms with Crippen molar-refractivity contribution in [2.75, 3.05) is 13.2 Å². The third kappa shape index (κ3) is 4.24. The number of rotatable bonds is 5. The predicted octanol–water partition coefficient (Wildman–Crippen LogP) is 1.44. The van der Waals surface area contributed by atoms with E-state index >= 15 is 0 Å². The molecule has 0 aromatic carbocycles. The van der Waals surface area contributed by atoms with Gasteiger partial charge < -0.3 is 21.4 Å². The molecule has 0 aromatic heterocycles. The van der Waals surface area contributed by atoms with Crippen molar-refractivity contribution in [2.24, 2.45) is 22.7 Å². The SMILES string of the molecule is CC1CCCC(CO)(NCC(C(N)=NO)C(F)(F)F)C1. The first-order valence-electron chi connectivity index (χ1n) is 6.64. The van der Waals surface area contributed by atoms with Crippen molar-refractivity contribution in [3.05, 3.63) is 0 Å². The second kappa shape index (κ2) is 6.62. The van der Waals surface area contributed by atoms with Crippen LogP contribution in [0.25, 0.3) is 0 Å². The average Bonchev–Trinajstić information content (AvgIpc) is 2.37. The molecule has 0 aromatic rings. The molecule has 0 radical (unpaired) electrons. The lowest BCUT2D eigenvalue weighted by Gasteiger charge is -2.40. The molecule has 1 aliphatic carbocycles. The van der Waals surface area contributed by atoms with Crippen LogP contribution in [0.5, 0.6) is 0 Å². The van der Waals surface area contributed by atoms with Gasteiger partial charge in [-0.1, -0.05) is 24.9 Å². The summed E-state index contributed by atoms with van der Waals surface area (Å²) in [4.78, 5) is 0. The Kier molecular flexibility index (Phi) is 5.64. The predicted molar refractivity (Wildman–Crippen MR) is 68.4 cm³/mol. The van der Waals surface area contributed by atoms with Gasteiger partial charge in [-0.2, -0.15) is 13.2 Å². The van der Waals surface area contributed by atoms with E-state index in [1.165, 1.54) is 0 Å². The van der Waals surface area contributed by atoms with Crippen LogP contribution in [0.3, 0.4) is 0 Å².